The molecule has 2 aromatic rings. The monoisotopic (exact) mass is 346 g/mol. The van der Waals surface area contributed by atoms with Crippen LogP contribution in [0.1, 0.15) is 12.5 Å². The third-order valence-corrected chi connectivity index (χ3v) is 4.10. The molecule has 0 unspecified atom stereocenters. The number of ether oxygens (including phenoxy) is 1. The Bertz CT molecular complexity index is 687. The van der Waals surface area contributed by atoms with E-state index in [0.29, 0.717) is 18.1 Å². The highest BCUT2D eigenvalue weighted by Gasteiger charge is 2.06. The van der Waals surface area contributed by atoms with Gasteiger partial charge in [-0.05, 0) is 36.8 Å². The van der Waals surface area contributed by atoms with Gasteiger partial charge in [0.2, 0.25) is 5.91 Å². The fourth-order valence-electron chi connectivity index (χ4n) is 1.97. The van der Waals surface area contributed by atoms with Gasteiger partial charge in [0.05, 0.1) is 17.3 Å². The summed E-state index contributed by atoms with van der Waals surface area (Å²) in [5, 5.41) is 13.4. The van der Waals surface area contributed by atoms with Gasteiger partial charge in [-0.25, -0.2) is 0 Å². The minimum absolute atomic E-state index is 0.0667. The standard InChI is InChI=1S/C17H18N2O4S/c1-2-23-16-9-5-14(6-10-16)18-17(20)12-24-11-13-3-7-15(8-4-13)19(21)22/h3-10H,2,11-12H2,1H3,(H,18,20). The van der Waals surface area contributed by atoms with Gasteiger partial charge in [0.25, 0.3) is 5.69 Å². The Morgan fingerprint density at radius 1 is 1.17 bits per heavy atom. The largest absolute Gasteiger partial charge is 0.494 e. The van der Waals surface area contributed by atoms with E-state index >= 15 is 0 Å². The second kappa shape index (κ2) is 8.93. The normalized spacial score (nSPS) is 10.2. The summed E-state index contributed by atoms with van der Waals surface area (Å²) in [6.45, 7) is 2.52. The maximum atomic E-state index is 11.9. The Balaban J connectivity index is 1.75. The molecule has 0 saturated heterocycles. The van der Waals surface area contributed by atoms with Crippen LogP contribution in [-0.4, -0.2) is 23.2 Å². The number of benzene rings is 2. The van der Waals surface area contributed by atoms with E-state index in [4.69, 9.17) is 4.74 Å². The van der Waals surface area contributed by atoms with Crippen molar-refractivity contribution < 1.29 is 14.5 Å². The van der Waals surface area contributed by atoms with Crippen molar-refractivity contribution in [1.82, 2.24) is 0 Å². The summed E-state index contributed by atoms with van der Waals surface area (Å²) < 4.78 is 5.34. The summed E-state index contributed by atoms with van der Waals surface area (Å²) >= 11 is 1.45. The smallest absolute Gasteiger partial charge is 0.269 e. The van der Waals surface area contributed by atoms with Crippen LogP contribution in [0.15, 0.2) is 48.5 Å². The molecule has 0 radical (unpaired) electrons. The molecule has 0 aliphatic carbocycles. The van der Waals surface area contributed by atoms with E-state index in [2.05, 4.69) is 5.32 Å². The molecule has 2 aromatic carbocycles. The number of amides is 1. The zero-order valence-corrected chi connectivity index (χ0v) is 14.0. The van der Waals surface area contributed by atoms with E-state index in [9.17, 15) is 14.9 Å². The van der Waals surface area contributed by atoms with E-state index in [1.165, 1.54) is 23.9 Å². The highest BCUT2D eigenvalue weighted by molar-refractivity contribution is 7.99. The first-order chi connectivity index (χ1) is 11.6. The average Bonchev–Trinajstić information content (AvgIpc) is 2.57. The number of carbonyl (C=O) groups is 1. The van der Waals surface area contributed by atoms with Gasteiger partial charge in [-0.1, -0.05) is 12.1 Å². The molecule has 24 heavy (non-hydrogen) atoms. The molecule has 0 spiro atoms. The van der Waals surface area contributed by atoms with Crippen LogP contribution in [0.25, 0.3) is 0 Å². The number of hydrogen-bond acceptors (Lipinski definition) is 5. The number of hydrogen-bond donors (Lipinski definition) is 1. The van der Waals surface area contributed by atoms with Crippen LogP contribution in [0, 0.1) is 10.1 Å². The number of rotatable bonds is 8. The molecule has 0 saturated carbocycles. The molecule has 0 fully saturated rings. The van der Waals surface area contributed by atoms with Crippen molar-refractivity contribution in [1.29, 1.82) is 0 Å². The SMILES string of the molecule is CCOc1ccc(NC(=O)CSCc2ccc([N+](=O)[O-])cc2)cc1. The van der Waals surface area contributed by atoms with Gasteiger partial charge in [-0.2, -0.15) is 0 Å². The van der Waals surface area contributed by atoms with Crippen molar-refractivity contribution in [3.05, 3.63) is 64.2 Å². The molecule has 126 valence electrons. The van der Waals surface area contributed by atoms with Crippen LogP contribution in [0.3, 0.4) is 0 Å². The third kappa shape index (κ3) is 5.58. The Hall–Kier alpha value is -2.54. The molecular formula is C17H18N2O4S. The van der Waals surface area contributed by atoms with Gasteiger partial charge >= 0.3 is 0 Å². The highest BCUT2D eigenvalue weighted by atomic mass is 32.2. The molecule has 7 heteroatoms. The van der Waals surface area contributed by atoms with Crippen LogP contribution < -0.4 is 10.1 Å². The summed E-state index contributed by atoms with van der Waals surface area (Å²) in [6, 6.07) is 13.6. The van der Waals surface area contributed by atoms with E-state index in [-0.39, 0.29) is 11.6 Å². The summed E-state index contributed by atoms with van der Waals surface area (Å²) in [5.41, 5.74) is 1.73. The van der Waals surface area contributed by atoms with Crippen LogP contribution in [0.2, 0.25) is 0 Å². The van der Waals surface area contributed by atoms with Crippen molar-refractivity contribution in [2.45, 2.75) is 12.7 Å². The lowest BCUT2D eigenvalue weighted by Gasteiger charge is -2.07. The molecule has 0 bridgehead atoms. The van der Waals surface area contributed by atoms with Gasteiger partial charge in [0.1, 0.15) is 5.75 Å². The quantitative estimate of drug-likeness (QED) is 0.580. The van der Waals surface area contributed by atoms with Gasteiger partial charge < -0.3 is 10.1 Å². The van der Waals surface area contributed by atoms with Gasteiger partial charge in [0, 0.05) is 23.6 Å². The number of nitro groups is 1. The first-order valence-corrected chi connectivity index (χ1v) is 8.57. The fourth-order valence-corrected chi connectivity index (χ4v) is 2.76. The van der Waals surface area contributed by atoms with Crippen LogP contribution in [-0.2, 0) is 10.5 Å². The highest BCUT2D eigenvalue weighted by Crippen LogP contribution is 2.18. The van der Waals surface area contributed by atoms with E-state index in [0.717, 1.165) is 17.0 Å². The molecule has 6 nitrogen and oxygen atoms in total. The zero-order chi connectivity index (χ0) is 17.4. The third-order valence-electron chi connectivity index (χ3n) is 3.10. The van der Waals surface area contributed by atoms with Crippen molar-refractivity contribution in [2.75, 3.05) is 17.7 Å². The molecule has 0 aliphatic rings. The van der Waals surface area contributed by atoms with E-state index in [1.54, 1.807) is 24.3 Å². The Morgan fingerprint density at radius 2 is 1.83 bits per heavy atom. The molecular weight excluding hydrogens is 328 g/mol. The minimum Gasteiger partial charge on any atom is -0.494 e. The Morgan fingerprint density at radius 3 is 2.42 bits per heavy atom. The van der Waals surface area contributed by atoms with E-state index in [1.807, 2.05) is 19.1 Å². The maximum absolute atomic E-state index is 11.9. The number of thioether (sulfide) groups is 1. The van der Waals surface area contributed by atoms with Crippen LogP contribution in [0.4, 0.5) is 11.4 Å². The number of non-ortho nitro benzene ring substituents is 1. The van der Waals surface area contributed by atoms with Crippen molar-refractivity contribution in [3.8, 4) is 5.75 Å². The summed E-state index contributed by atoms with van der Waals surface area (Å²) in [7, 11) is 0. The summed E-state index contributed by atoms with van der Waals surface area (Å²) in [4.78, 5) is 22.1. The predicted molar refractivity (Wildman–Crippen MR) is 95.5 cm³/mol. The second-order valence-corrected chi connectivity index (χ2v) is 5.91. The zero-order valence-electron chi connectivity index (χ0n) is 13.2. The second-order valence-electron chi connectivity index (χ2n) is 4.92. The van der Waals surface area contributed by atoms with Crippen LogP contribution >= 0.6 is 11.8 Å². The van der Waals surface area contributed by atoms with Crippen molar-refractivity contribution in [2.24, 2.45) is 0 Å². The van der Waals surface area contributed by atoms with E-state index < -0.39 is 4.92 Å². The summed E-state index contributed by atoms with van der Waals surface area (Å²) in [5.74, 6) is 1.60. The molecule has 1 N–H and O–H groups in total. The molecule has 0 heterocycles. The molecule has 0 aliphatic heterocycles. The first-order valence-electron chi connectivity index (χ1n) is 7.42. The fraction of sp³-hybridized carbons (Fsp3) is 0.235. The van der Waals surface area contributed by atoms with Crippen LogP contribution in [0.5, 0.6) is 5.75 Å². The van der Waals surface area contributed by atoms with Gasteiger partial charge in [0.15, 0.2) is 0 Å². The van der Waals surface area contributed by atoms with Crippen molar-refractivity contribution >= 4 is 29.0 Å². The molecule has 0 atom stereocenters. The number of anilines is 1. The number of nitrogens with one attached hydrogen (secondary N) is 1. The topological polar surface area (TPSA) is 81.5 Å². The lowest BCUT2D eigenvalue weighted by atomic mass is 10.2. The first kappa shape index (κ1) is 17.8. The number of carbonyl (C=O) groups excluding carboxylic acids is 1. The minimum atomic E-state index is -0.429. The molecule has 2 rings (SSSR count). The average molecular weight is 346 g/mol. The Kier molecular flexibility index (Phi) is 6.62. The lowest BCUT2D eigenvalue weighted by molar-refractivity contribution is -0.384. The molecule has 1 amide bonds. The lowest BCUT2D eigenvalue weighted by Crippen LogP contribution is -2.14. The predicted octanol–water partition coefficient (Wildman–Crippen LogP) is 3.87. The van der Waals surface area contributed by atoms with Gasteiger partial charge in [-0.3, -0.25) is 14.9 Å². The summed E-state index contributed by atoms with van der Waals surface area (Å²) in [6.07, 6.45) is 0. The Labute approximate surface area is 144 Å². The van der Waals surface area contributed by atoms with Crippen molar-refractivity contribution in [3.63, 3.8) is 0 Å². The van der Waals surface area contributed by atoms with Gasteiger partial charge in [-0.15, -0.1) is 11.8 Å². The number of nitro benzene ring substituents is 1. The number of nitrogens with zero attached hydrogens (tertiary/aromatic N) is 1. The maximum Gasteiger partial charge on any atom is 0.269 e. The molecule has 0 aromatic heterocycles.